The largest absolute Gasteiger partial charge is 0.333 e. The number of nitrogens with zero attached hydrogens (tertiary/aromatic N) is 2. The summed E-state index contributed by atoms with van der Waals surface area (Å²) in [5, 5.41) is 0. The monoisotopic (exact) mass is 258 g/mol. The average Bonchev–Trinajstić information content (AvgIpc) is 2.77. The van der Waals surface area contributed by atoms with Crippen molar-refractivity contribution in [1.29, 1.82) is 0 Å². The van der Waals surface area contributed by atoms with Gasteiger partial charge in [0.1, 0.15) is 0 Å². The summed E-state index contributed by atoms with van der Waals surface area (Å²) >= 11 is 0. The van der Waals surface area contributed by atoms with Crippen LogP contribution in [0.25, 0.3) is 0 Å². The van der Waals surface area contributed by atoms with Crippen LogP contribution in [0.4, 0.5) is 0 Å². The quantitative estimate of drug-likeness (QED) is 0.831. The molecule has 0 bridgehead atoms. The van der Waals surface area contributed by atoms with Gasteiger partial charge in [-0.05, 0) is 50.0 Å². The molecule has 3 heteroatoms. The van der Waals surface area contributed by atoms with E-state index in [1.54, 1.807) is 0 Å². The van der Waals surface area contributed by atoms with E-state index in [0.717, 1.165) is 25.2 Å². The fourth-order valence-electron chi connectivity index (χ4n) is 3.17. The van der Waals surface area contributed by atoms with Gasteiger partial charge < -0.3 is 9.80 Å². The minimum Gasteiger partial charge on any atom is -0.333 e. The van der Waals surface area contributed by atoms with Crippen LogP contribution in [0.3, 0.4) is 0 Å². The van der Waals surface area contributed by atoms with Crippen molar-refractivity contribution in [1.82, 2.24) is 9.80 Å². The van der Waals surface area contributed by atoms with Crippen molar-refractivity contribution in [3.05, 3.63) is 34.9 Å². The molecule has 1 aromatic carbocycles. The molecule has 2 aliphatic rings. The van der Waals surface area contributed by atoms with E-state index in [0.29, 0.717) is 0 Å². The third-order valence-corrected chi connectivity index (χ3v) is 4.41. The number of hydrogen-bond donors (Lipinski definition) is 0. The smallest absolute Gasteiger partial charge is 0.254 e. The number of benzene rings is 1. The van der Waals surface area contributed by atoms with Gasteiger partial charge in [0.25, 0.3) is 5.91 Å². The fraction of sp³-hybridized carbons (Fsp3) is 0.562. The second-order valence-electron chi connectivity index (χ2n) is 5.73. The lowest BCUT2D eigenvalue weighted by atomic mass is 10.1. The molecule has 1 saturated heterocycles. The number of amides is 1. The van der Waals surface area contributed by atoms with E-state index in [9.17, 15) is 4.79 Å². The first-order chi connectivity index (χ1) is 9.25. The van der Waals surface area contributed by atoms with Gasteiger partial charge in [-0.3, -0.25) is 4.79 Å². The number of rotatable bonds is 3. The van der Waals surface area contributed by atoms with Gasteiger partial charge in [-0.25, -0.2) is 0 Å². The molecule has 0 N–H and O–H groups in total. The maximum absolute atomic E-state index is 12.3. The first-order valence-corrected chi connectivity index (χ1v) is 7.36. The van der Waals surface area contributed by atoms with Crippen LogP contribution in [0.5, 0.6) is 0 Å². The van der Waals surface area contributed by atoms with Gasteiger partial charge in [-0.1, -0.05) is 18.6 Å². The highest BCUT2D eigenvalue weighted by Crippen LogP contribution is 2.25. The Kier molecular flexibility index (Phi) is 3.56. The first-order valence-electron chi connectivity index (χ1n) is 7.36. The molecule has 0 spiro atoms. The van der Waals surface area contributed by atoms with Gasteiger partial charge in [-0.15, -0.1) is 0 Å². The van der Waals surface area contributed by atoms with Crippen molar-refractivity contribution < 1.29 is 4.79 Å². The molecule has 0 aromatic heterocycles. The zero-order chi connectivity index (χ0) is 13.2. The molecule has 3 nitrogen and oxygen atoms in total. The van der Waals surface area contributed by atoms with Crippen molar-refractivity contribution in [3.8, 4) is 0 Å². The maximum atomic E-state index is 12.3. The van der Waals surface area contributed by atoms with Crippen LogP contribution in [0, 0.1) is 6.92 Å². The van der Waals surface area contributed by atoms with Gasteiger partial charge in [0.2, 0.25) is 0 Å². The third-order valence-electron chi connectivity index (χ3n) is 4.41. The van der Waals surface area contributed by atoms with Crippen molar-refractivity contribution in [2.75, 3.05) is 26.2 Å². The average molecular weight is 258 g/mol. The van der Waals surface area contributed by atoms with Gasteiger partial charge >= 0.3 is 0 Å². The summed E-state index contributed by atoms with van der Waals surface area (Å²) in [5.41, 5.74) is 3.39. The topological polar surface area (TPSA) is 23.6 Å². The molecule has 2 aliphatic heterocycles. The number of carbonyl (C=O) groups is 1. The summed E-state index contributed by atoms with van der Waals surface area (Å²) in [6.07, 6.45) is 3.99. The second kappa shape index (κ2) is 5.33. The molecule has 0 atom stereocenters. The minimum atomic E-state index is 0.218. The maximum Gasteiger partial charge on any atom is 0.254 e. The summed E-state index contributed by atoms with van der Waals surface area (Å²) in [6.45, 7) is 7.20. The Hall–Kier alpha value is -1.35. The van der Waals surface area contributed by atoms with Crippen LogP contribution >= 0.6 is 0 Å². The van der Waals surface area contributed by atoms with E-state index in [1.165, 1.54) is 43.5 Å². The summed E-state index contributed by atoms with van der Waals surface area (Å²) in [6, 6.07) is 6.05. The zero-order valence-electron chi connectivity index (χ0n) is 11.7. The van der Waals surface area contributed by atoms with E-state index < -0.39 is 0 Å². The van der Waals surface area contributed by atoms with E-state index in [2.05, 4.69) is 17.9 Å². The van der Waals surface area contributed by atoms with Gasteiger partial charge in [0, 0.05) is 25.2 Å². The second-order valence-corrected chi connectivity index (χ2v) is 5.73. The Balaban J connectivity index is 1.62. The molecular weight excluding hydrogens is 236 g/mol. The molecule has 1 aromatic rings. The molecule has 0 unspecified atom stereocenters. The van der Waals surface area contributed by atoms with Crippen LogP contribution < -0.4 is 0 Å². The summed E-state index contributed by atoms with van der Waals surface area (Å²) in [5.74, 6) is 0.218. The molecule has 3 rings (SSSR count). The molecular formula is C16H22N2O. The van der Waals surface area contributed by atoms with Crippen molar-refractivity contribution in [2.24, 2.45) is 0 Å². The summed E-state index contributed by atoms with van der Waals surface area (Å²) < 4.78 is 0. The molecule has 1 amide bonds. The molecule has 0 radical (unpaired) electrons. The fourth-order valence-corrected chi connectivity index (χ4v) is 3.17. The van der Waals surface area contributed by atoms with Crippen molar-refractivity contribution in [3.63, 3.8) is 0 Å². The summed E-state index contributed by atoms with van der Waals surface area (Å²) in [7, 11) is 0. The van der Waals surface area contributed by atoms with Crippen LogP contribution in [0.2, 0.25) is 0 Å². The number of aryl methyl sites for hydroxylation is 1. The molecule has 102 valence electrons. The number of likely N-dealkylation sites (tertiary alicyclic amines) is 1. The first kappa shape index (κ1) is 12.7. The Morgan fingerprint density at radius 2 is 1.89 bits per heavy atom. The van der Waals surface area contributed by atoms with Crippen molar-refractivity contribution >= 4 is 5.91 Å². The number of carbonyl (C=O) groups excluding carboxylic acids is 1. The van der Waals surface area contributed by atoms with Gasteiger partial charge in [0.05, 0.1) is 0 Å². The molecule has 19 heavy (non-hydrogen) atoms. The molecule has 2 heterocycles. The highest BCUT2D eigenvalue weighted by atomic mass is 16.2. The van der Waals surface area contributed by atoms with Gasteiger partial charge in [-0.2, -0.15) is 0 Å². The zero-order valence-corrected chi connectivity index (χ0v) is 11.7. The number of piperidine rings is 1. The molecule has 0 saturated carbocycles. The molecule has 0 aliphatic carbocycles. The lowest BCUT2D eigenvalue weighted by molar-refractivity contribution is 0.0752. The van der Waals surface area contributed by atoms with Crippen LogP contribution in [-0.2, 0) is 6.54 Å². The number of hydrogen-bond acceptors (Lipinski definition) is 2. The molecule has 1 fully saturated rings. The highest BCUT2D eigenvalue weighted by molar-refractivity contribution is 5.98. The van der Waals surface area contributed by atoms with E-state index >= 15 is 0 Å². The third kappa shape index (κ3) is 2.52. The Morgan fingerprint density at radius 1 is 1.11 bits per heavy atom. The van der Waals surface area contributed by atoms with Crippen LogP contribution in [-0.4, -0.2) is 41.9 Å². The predicted molar refractivity (Wildman–Crippen MR) is 76.2 cm³/mol. The van der Waals surface area contributed by atoms with E-state index in [-0.39, 0.29) is 5.91 Å². The highest BCUT2D eigenvalue weighted by Gasteiger charge is 2.28. The SMILES string of the molecule is Cc1cccc2c1CN(CCN1CCCCC1)C2=O. The van der Waals surface area contributed by atoms with Gasteiger partial charge in [0.15, 0.2) is 0 Å². The van der Waals surface area contributed by atoms with Crippen molar-refractivity contribution in [2.45, 2.75) is 32.7 Å². The van der Waals surface area contributed by atoms with E-state index in [4.69, 9.17) is 0 Å². The lowest BCUT2D eigenvalue weighted by Crippen LogP contribution is -2.38. The Bertz CT molecular complexity index is 478. The summed E-state index contributed by atoms with van der Waals surface area (Å²) in [4.78, 5) is 16.8. The standard InChI is InChI=1S/C16H22N2O/c1-13-6-5-7-14-15(13)12-18(16(14)19)11-10-17-8-3-2-4-9-17/h5-7H,2-4,8-12H2,1H3. The Morgan fingerprint density at radius 3 is 2.63 bits per heavy atom. The van der Waals surface area contributed by atoms with Crippen LogP contribution in [0.15, 0.2) is 18.2 Å². The normalized spacial score (nSPS) is 19.8. The van der Waals surface area contributed by atoms with Crippen LogP contribution in [0.1, 0.15) is 40.7 Å². The number of fused-ring (bicyclic) bond motifs is 1. The predicted octanol–water partition coefficient (Wildman–Crippen LogP) is 2.44. The Labute approximate surface area is 115 Å². The lowest BCUT2D eigenvalue weighted by Gasteiger charge is -2.28. The van der Waals surface area contributed by atoms with E-state index in [1.807, 2.05) is 17.0 Å². The minimum absolute atomic E-state index is 0.218.